The fraction of sp³-hybridized carbons (Fsp3) is 0.0833. The molecular weight excluding hydrogens is 268 g/mol. The van der Waals surface area contributed by atoms with Crippen LogP contribution in [0.5, 0.6) is 0 Å². The number of nitrogens with one attached hydrogen (secondary N) is 1. The molecule has 3 N–H and O–H groups in total. The topological polar surface area (TPSA) is 90.0 Å². The molecule has 0 fully saturated rings. The maximum absolute atomic E-state index is 11.7. The Hall–Kier alpha value is -2.34. The lowest BCUT2D eigenvalue weighted by molar-refractivity contribution is -0.117. The predicted octanol–water partition coefficient (Wildman–Crippen LogP) is 1.12. The van der Waals surface area contributed by atoms with Crippen LogP contribution in [-0.4, -0.2) is 15.7 Å². The Morgan fingerprint density at radius 3 is 2.89 bits per heavy atom. The molecule has 0 radical (unpaired) electrons. The zero-order valence-corrected chi connectivity index (χ0v) is 10.6. The van der Waals surface area contributed by atoms with E-state index in [1.807, 2.05) is 0 Å². The highest BCUT2D eigenvalue weighted by molar-refractivity contribution is 6.33. The maximum Gasteiger partial charge on any atom is 0.267 e. The summed E-state index contributed by atoms with van der Waals surface area (Å²) in [6.45, 7) is -0.164. The number of aromatic nitrogens is 2. The highest BCUT2D eigenvalue weighted by Crippen LogP contribution is 2.22. The summed E-state index contributed by atoms with van der Waals surface area (Å²) in [5.41, 5.74) is 6.16. The molecule has 2 rings (SSSR count). The molecule has 0 saturated heterocycles. The number of anilines is 2. The number of amides is 1. The van der Waals surface area contributed by atoms with Crippen molar-refractivity contribution >= 4 is 28.9 Å². The van der Waals surface area contributed by atoms with Crippen molar-refractivity contribution in [3.05, 3.63) is 51.9 Å². The van der Waals surface area contributed by atoms with E-state index in [0.29, 0.717) is 16.4 Å². The minimum atomic E-state index is -0.373. The van der Waals surface area contributed by atoms with Crippen molar-refractivity contribution in [1.29, 1.82) is 0 Å². The summed E-state index contributed by atoms with van der Waals surface area (Å²) >= 11 is 5.77. The lowest BCUT2D eigenvalue weighted by Gasteiger charge is -2.07. The summed E-state index contributed by atoms with van der Waals surface area (Å²) in [4.78, 5) is 23.1. The first kappa shape index (κ1) is 13.1. The Bertz CT molecular complexity index is 669. The number of nitrogens with zero attached hydrogens (tertiary/aromatic N) is 2. The second kappa shape index (κ2) is 5.53. The molecular formula is C12H11ClN4O2. The smallest absolute Gasteiger partial charge is 0.267 e. The number of hydrogen-bond donors (Lipinski definition) is 2. The number of benzene rings is 1. The van der Waals surface area contributed by atoms with Gasteiger partial charge in [-0.3, -0.25) is 9.59 Å². The molecule has 0 aliphatic rings. The molecule has 1 amide bonds. The molecule has 98 valence electrons. The van der Waals surface area contributed by atoms with Crippen LogP contribution in [-0.2, 0) is 11.3 Å². The van der Waals surface area contributed by atoms with E-state index in [9.17, 15) is 9.59 Å². The van der Waals surface area contributed by atoms with Gasteiger partial charge < -0.3 is 11.1 Å². The van der Waals surface area contributed by atoms with Crippen molar-refractivity contribution in [2.45, 2.75) is 6.54 Å². The summed E-state index contributed by atoms with van der Waals surface area (Å²) in [6, 6.07) is 7.59. The van der Waals surface area contributed by atoms with E-state index in [2.05, 4.69) is 10.4 Å². The molecule has 19 heavy (non-hydrogen) atoms. The molecule has 0 unspecified atom stereocenters. The molecule has 1 aromatic carbocycles. The van der Waals surface area contributed by atoms with E-state index in [0.717, 1.165) is 4.68 Å². The second-order valence-corrected chi connectivity index (χ2v) is 4.21. The van der Waals surface area contributed by atoms with Gasteiger partial charge in [0.15, 0.2) is 0 Å². The molecule has 2 aromatic rings. The van der Waals surface area contributed by atoms with Gasteiger partial charge in [-0.15, -0.1) is 0 Å². The summed E-state index contributed by atoms with van der Waals surface area (Å²) in [5.74, 6) is -0.373. The Kier molecular flexibility index (Phi) is 3.82. The number of nitrogen functional groups attached to an aromatic ring is 1. The van der Waals surface area contributed by atoms with Crippen LogP contribution in [0.1, 0.15) is 0 Å². The van der Waals surface area contributed by atoms with Crippen LogP contribution in [0.3, 0.4) is 0 Å². The zero-order chi connectivity index (χ0) is 13.8. The van der Waals surface area contributed by atoms with Crippen LogP contribution in [0.25, 0.3) is 0 Å². The van der Waals surface area contributed by atoms with Crippen LogP contribution in [0.2, 0.25) is 5.02 Å². The molecule has 1 heterocycles. The van der Waals surface area contributed by atoms with Gasteiger partial charge in [0.05, 0.1) is 10.7 Å². The molecule has 0 aliphatic carbocycles. The van der Waals surface area contributed by atoms with Gasteiger partial charge in [-0.2, -0.15) is 5.10 Å². The highest BCUT2D eigenvalue weighted by atomic mass is 35.5. The van der Waals surface area contributed by atoms with Gasteiger partial charge in [0, 0.05) is 18.0 Å². The lowest BCUT2D eigenvalue weighted by Crippen LogP contribution is -2.28. The minimum absolute atomic E-state index is 0.164. The van der Waals surface area contributed by atoms with E-state index in [1.54, 1.807) is 18.2 Å². The van der Waals surface area contributed by atoms with Gasteiger partial charge in [-0.25, -0.2) is 4.68 Å². The third kappa shape index (κ3) is 3.32. The van der Waals surface area contributed by atoms with Crippen molar-refractivity contribution in [1.82, 2.24) is 9.78 Å². The number of rotatable bonds is 3. The normalized spacial score (nSPS) is 10.2. The van der Waals surface area contributed by atoms with Crippen molar-refractivity contribution in [2.24, 2.45) is 0 Å². The van der Waals surface area contributed by atoms with Crippen molar-refractivity contribution < 1.29 is 4.79 Å². The van der Waals surface area contributed by atoms with Gasteiger partial charge in [-0.1, -0.05) is 11.6 Å². The Balaban J connectivity index is 2.08. The van der Waals surface area contributed by atoms with E-state index < -0.39 is 0 Å². The van der Waals surface area contributed by atoms with Gasteiger partial charge >= 0.3 is 0 Å². The largest absolute Gasteiger partial charge is 0.397 e. The first-order chi connectivity index (χ1) is 9.06. The average molecular weight is 279 g/mol. The van der Waals surface area contributed by atoms with E-state index >= 15 is 0 Å². The Labute approximate surface area is 113 Å². The second-order valence-electron chi connectivity index (χ2n) is 3.80. The van der Waals surface area contributed by atoms with Gasteiger partial charge in [0.1, 0.15) is 6.54 Å². The fourth-order valence-corrected chi connectivity index (χ4v) is 1.58. The third-order valence-electron chi connectivity index (χ3n) is 2.36. The molecule has 1 aromatic heterocycles. The Morgan fingerprint density at radius 1 is 1.42 bits per heavy atom. The van der Waals surface area contributed by atoms with Gasteiger partial charge in [-0.05, 0) is 24.3 Å². The number of halogens is 1. The zero-order valence-electron chi connectivity index (χ0n) is 9.84. The minimum Gasteiger partial charge on any atom is -0.397 e. The van der Waals surface area contributed by atoms with Crippen LogP contribution in [0.15, 0.2) is 41.3 Å². The summed E-state index contributed by atoms with van der Waals surface area (Å²) in [6.07, 6.45) is 1.44. The van der Waals surface area contributed by atoms with Crippen LogP contribution in [0, 0.1) is 0 Å². The van der Waals surface area contributed by atoms with E-state index in [4.69, 9.17) is 17.3 Å². The maximum atomic E-state index is 11.7. The van der Waals surface area contributed by atoms with Crippen LogP contribution in [0.4, 0.5) is 11.4 Å². The molecule has 0 atom stereocenters. The van der Waals surface area contributed by atoms with Crippen molar-refractivity contribution in [2.75, 3.05) is 11.1 Å². The number of hydrogen-bond acceptors (Lipinski definition) is 4. The first-order valence-corrected chi connectivity index (χ1v) is 5.81. The standard InChI is InChI=1S/C12H11ClN4O2/c13-9-4-3-8(6-10(9)14)16-11(18)7-17-12(19)2-1-5-15-17/h1-6H,7,14H2,(H,16,18). The predicted molar refractivity (Wildman–Crippen MR) is 73.0 cm³/mol. The lowest BCUT2D eigenvalue weighted by atomic mass is 10.3. The van der Waals surface area contributed by atoms with Gasteiger partial charge in [0.2, 0.25) is 5.91 Å². The Morgan fingerprint density at radius 2 is 2.21 bits per heavy atom. The van der Waals surface area contributed by atoms with E-state index in [1.165, 1.54) is 18.3 Å². The highest BCUT2D eigenvalue weighted by Gasteiger charge is 2.06. The quantitative estimate of drug-likeness (QED) is 0.823. The molecule has 0 saturated carbocycles. The summed E-state index contributed by atoms with van der Waals surface area (Å²) in [5, 5.41) is 6.81. The monoisotopic (exact) mass is 278 g/mol. The fourth-order valence-electron chi connectivity index (χ4n) is 1.46. The number of carbonyl (C=O) groups is 1. The van der Waals surface area contributed by atoms with Crippen LogP contribution < -0.4 is 16.6 Å². The molecule has 0 bridgehead atoms. The number of nitrogens with two attached hydrogens (primary N) is 1. The molecule has 7 heteroatoms. The molecule has 0 spiro atoms. The SMILES string of the molecule is Nc1cc(NC(=O)Cn2ncccc2=O)ccc1Cl. The van der Waals surface area contributed by atoms with E-state index in [-0.39, 0.29) is 18.0 Å². The van der Waals surface area contributed by atoms with Crippen molar-refractivity contribution in [3.63, 3.8) is 0 Å². The molecule has 0 aliphatic heterocycles. The first-order valence-electron chi connectivity index (χ1n) is 5.43. The summed E-state index contributed by atoms with van der Waals surface area (Å²) in [7, 11) is 0. The van der Waals surface area contributed by atoms with Gasteiger partial charge in [0.25, 0.3) is 5.56 Å². The third-order valence-corrected chi connectivity index (χ3v) is 2.70. The van der Waals surface area contributed by atoms with Crippen molar-refractivity contribution in [3.8, 4) is 0 Å². The average Bonchev–Trinajstić information content (AvgIpc) is 2.37. The van der Waals surface area contributed by atoms with Crippen LogP contribution >= 0.6 is 11.6 Å². The molecule has 6 nitrogen and oxygen atoms in total. The summed E-state index contributed by atoms with van der Waals surface area (Å²) < 4.78 is 1.06. The number of carbonyl (C=O) groups excluding carboxylic acids is 1.